The molecule has 0 spiro atoms. The first kappa shape index (κ1) is 18.3. The first-order chi connectivity index (χ1) is 12.5. The second-order valence-corrected chi connectivity index (χ2v) is 6.57. The Kier molecular flexibility index (Phi) is 5.80. The van der Waals surface area contributed by atoms with Crippen molar-refractivity contribution in [3.63, 3.8) is 0 Å². The summed E-state index contributed by atoms with van der Waals surface area (Å²) in [7, 11) is 0. The lowest BCUT2D eigenvalue weighted by Gasteiger charge is -2.27. The van der Waals surface area contributed by atoms with Crippen LogP contribution in [0, 0.1) is 11.6 Å². The highest BCUT2D eigenvalue weighted by Gasteiger charge is 2.24. The Morgan fingerprint density at radius 3 is 2.92 bits per heavy atom. The van der Waals surface area contributed by atoms with E-state index in [0.717, 1.165) is 25.3 Å². The van der Waals surface area contributed by atoms with E-state index in [-0.39, 0.29) is 11.9 Å². The van der Waals surface area contributed by atoms with E-state index < -0.39 is 17.4 Å². The van der Waals surface area contributed by atoms with Crippen molar-refractivity contribution >= 4 is 5.91 Å². The molecule has 140 valence electrons. The average molecular weight is 365 g/mol. The van der Waals surface area contributed by atoms with Gasteiger partial charge in [-0.2, -0.15) is 0 Å². The van der Waals surface area contributed by atoms with Crippen molar-refractivity contribution in [3.05, 3.63) is 51.3 Å². The third-order valence-corrected chi connectivity index (χ3v) is 4.63. The Bertz CT molecular complexity index is 831. The number of H-pyrrole nitrogens is 1. The maximum absolute atomic E-state index is 13.9. The number of carbonyl (C=O) groups excluding carboxylic acids is 1. The molecule has 1 atom stereocenters. The molecule has 1 aliphatic carbocycles. The Morgan fingerprint density at radius 2 is 2.15 bits per heavy atom. The molecule has 0 bridgehead atoms. The Hall–Kier alpha value is -2.51. The molecule has 0 fully saturated rings. The summed E-state index contributed by atoms with van der Waals surface area (Å²) in [5, 5.41) is 6.47. The molecule has 1 aromatic heterocycles. The van der Waals surface area contributed by atoms with E-state index in [1.54, 1.807) is 0 Å². The van der Waals surface area contributed by atoms with Gasteiger partial charge in [0.15, 0.2) is 5.82 Å². The van der Waals surface area contributed by atoms with E-state index in [2.05, 4.69) is 20.0 Å². The smallest absolute Gasteiger partial charge is 0.349 e. The minimum atomic E-state index is -0.617. The number of amides is 1. The van der Waals surface area contributed by atoms with Crippen molar-refractivity contribution in [1.29, 1.82) is 0 Å². The van der Waals surface area contributed by atoms with Gasteiger partial charge in [0, 0.05) is 18.9 Å². The number of benzene rings is 1. The number of rotatable bonds is 7. The van der Waals surface area contributed by atoms with Gasteiger partial charge in [-0.1, -0.05) is 11.6 Å². The van der Waals surface area contributed by atoms with Crippen molar-refractivity contribution < 1.29 is 18.1 Å². The molecule has 0 saturated carbocycles. The molecule has 6 nitrogen and oxygen atoms in total. The predicted octanol–water partition coefficient (Wildman–Crippen LogP) is 2.94. The van der Waals surface area contributed by atoms with E-state index in [1.165, 1.54) is 6.07 Å². The summed E-state index contributed by atoms with van der Waals surface area (Å²) in [5.41, 5.74) is 1.06. The van der Waals surface area contributed by atoms with Crippen LogP contribution in [0.1, 0.15) is 61.5 Å². The molecule has 0 aliphatic heterocycles. The van der Waals surface area contributed by atoms with Crippen molar-refractivity contribution in [2.75, 3.05) is 0 Å². The van der Waals surface area contributed by atoms with Crippen molar-refractivity contribution in [2.45, 2.75) is 57.4 Å². The summed E-state index contributed by atoms with van der Waals surface area (Å²) >= 11 is 0. The SMILES string of the molecule is O=C(CCCCCc1noc(=O)[nH]1)N[C@H]1CCCc2c(F)cc(F)cc21. The Balaban J connectivity index is 1.45. The zero-order chi connectivity index (χ0) is 18.5. The van der Waals surface area contributed by atoms with E-state index >= 15 is 0 Å². The van der Waals surface area contributed by atoms with Crippen LogP contribution in [0.2, 0.25) is 0 Å². The minimum absolute atomic E-state index is 0.123. The number of hydrogen-bond acceptors (Lipinski definition) is 4. The van der Waals surface area contributed by atoms with Crippen LogP contribution in [0.15, 0.2) is 21.5 Å². The molecule has 1 heterocycles. The fourth-order valence-electron chi connectivity index (χ4n) is 3.38. The standard InChI is InChI=1S/C18H21F2N3O3/c19-11-9-13-12(14(20)10-11)5-4-6-15(13)21-17(24)8-3-1-2-7-16-22-18(25)26-23-16/h9-10,15H,1-8H2,(H,21,24)(H,22,23,25)/t15-/m0/s1. The highest BCUT2D eigenvalue weighted by atomic mass is 19.1. The molecule has 1 aliphatic rings. The van der Waals surface area contributed by atoms with Crippen LogP contribution >= 0.6 is 0 Å². The Morgan fingerprint density at radius 1 is 1.31 bits per heavy atom. The second kappa shape index (κ2) is 8.25. The molecule has 3 rings (SSSR count). The van der Waals surface area contributed by atoms with Crippen LogP contribution in [-0.4, -0.2) is 16.0 Å². The maximum Gasteiger partial charge on any atom is 0.438 e. The quantitative estimate of drug-likeness (QED) is 0.739. The molecule has 8 heteroatoms. The fraction of sp³-hybridized carbons (Fsp3) is 0.500. The normalized spacial score (nSPS) is 16.3. The first-order valence-corrected chi connectivity index (χ1v) is 8.85. The van der Waals surface area contributed by atoms with E-state index in [1.807, 2.05) is 0 Å². The molecule has 1 aromatic carbocycles. The molecule has 1 amide bonds. The largest absolute Gasteiger partial charge is 0.438 e. The summed E-state index contributed by atoms with van der Waals surface area (Å²) in [6.45, 7) is 0. The minimum Gasteiger partial charge on any atom is -0.349 e. The van der Waals surface area contributed by atoms with Crippen LogP contribution < -0.4 is 11.1 Å². The lowest BCUT2D eigenvalue weighted by atomic mass is 9.87. The molecular weight excluding hydrogens is 344 g/mol. The molecule has 0 unspecified atom stereocenters. The van der Waals surface area contributed by atoms with Crippen molar-refractivity contribution in [2.24, 2.45) is 0 Å². The zero-order valence-electron chi connectivity index (χ0n) is 14.3. The number of nitrogens with one attached hydrogen (secondary N) is 2. The second-order valence-electron chi connectivity index (χ2n) is 6.57. The molecule has 26 heavy (non-hydrogen) atoms. The van der Waals surface area contributed by atoms with Crippen LogP contribution in [0.5, 0.6) is 0 Å². The summed E-state index contributed by atoms with van der Waals surface area (Å²) < 4.78 is 31.8. The maximum atomic E-state index is 13.9. The highest BCUT2D eigenvalue weighted by Crippen LogP contribution is 2.32. The first-order valence-electron chi connectivity index (χ1n) is 8.85. The number of aryl methyl sites for hydroxylation is 1. The summed E-state index contributed by atoms with van der Waals surface area (Å²) in [6.07, 6.45) is 5.20. The van der Waals surface area contributed by atoms with E-state index in [4.69, 9.17) is 0 Å². The topological polar surface area (TPSA) is 88.0 Å². The summed E-state index contributed by atoms with van der Waals surface area (Å²) in [6, 6.07) is 1.88. The van der Waals surface area contributed by atoms with Gasteiger partial charge in [0.25, 0.3) is 0 Å². The van der Waals surface area contributed by atoms with Crippen LogP contribution in [0.4, 0.5) is 8.78 Å². The molecular formula is C18H21F2N3O3. The number of aromatic nitrogens is 2. The van der Waals surface area contributed by atoms with Crippen molar-refractivity contribution in [1.82, 2.24) is 15.5 Å². The van der Waals surface area contributed by atoms with Gasteiger partial charge >= 0.3 is 5.76 Å². The number of halogens is 2. The van der Waals surface area contributed by atoms with Crippen LogP contribution in [0.3, 0.4) is 0 Å². The van der Waals surface area contributed by atoms with E-state index in [0.29, 0.717) is 49.1 Å². The highest BCUT2D eigenvalue weighted by molar-refractivity contribution is 5.76. The third kappa shape index (κ3) is 4.56. The van der Waals surface area contributed by atoms with E-state index in [9.17, 15) is 18.4 Å². The number of hydrogen-bond donors (Lipinski definition) is 2. The van der Waals surface area contributed by atoms with Gasteiger partial charge in [0.05, 0.1) is 6.04 Å². The fourth-order valence-corrected chi connectivity index (χ4v) is 3.38. The summed E-state index contributed by atoms with van der Waals surface area (Å²) in [4.78, 5) is 25.4. The van der Waals surface area contributed by atoms with Gasteiger partial charge in [-0.25, -0.2) is 13.6 Å². The number of fused-ring (bicyclic) bond motifs is 1. The molecule has 0 saturated heterocycles. The number of aromatic amines is 1. The summed E-state index contributed by atoms with van der Waals surface area (Å²) in [5.74, 6) is -1.34. The van der Waals surface area contributed by atoms with Gasteiger partial charge in [-0.05, 0) is 49.3 Å². The van der Waals surface area contributed by atoms with Crippen LogP contribution in [-0.2, 0) is 17.6 Å². The van der Waals surface area contributed by atoms with Gasteiger partial charge in [0.1, 0.15) is 11.6 Å². The predicted molar refractivity (Wildman–Crippen MR) is 89.5 cm³/mol. The lowest BCUT2D eigenvalue weighted by Crippen LogP contribution is -2.31. The van der Waals surface area contributed by atoms with Gasteiger partial charge < -0.3 is 5.32 Å². The molecule has 0 radical (unpaired) electrons. The average Bonchev–Trinajstić information content (AvgIpc) is 3.00. The lowest BCUT2D eigenvalue weighted by molar-refractivity contribution is -0.122. The number of carbonyl (C=O) groups is 1. The monoisotopic (exact) mass is 365 g/mol. The van der Waals surface area contributed by atoms with Gasteiger partial charge in [0.2, 0.25) is 5.91 Å². The van der Waals surface area contributed by atoms with Gasteiger partial charge in [-0.15, -0.1) is 0 Å². The Labute approximate surface area is 149 Å². The third-order valence-electron chi connectivity index (χ3n) is 4.63. The van der Waals surface area contributed by atoms with Crippen molar-refractivity contribution in [3.8, 4) is 0 Å². The molecule has 2 aromatic rings. The number of nitrogens with zero attached hydrogens (tertiary/aromatic N) is 1. The number of unbranched alkanes of at least 4 members (excludes halogenated alkanes) is 2. The van der Waals surface area contributed by atoms with Crippen LogP contribution in [0.25, 0.3) is 0 Å². The molecule has 2 N–H and O–H groups in total. The zero-order valence-corrected chi connectivity index (χ0v) is 14.3. The van der Waals surface area contributed by atoms with Gasteiger partial charge in [-0.3, -0.25) is 14.3 Å².